The molecule has 3 rings (SSSR count). The first-order valence-corrected chi connectivity index (χ1v) is 12.1. The minimum absolute atomic E-state index is 0.0275. The molecule has 1 saturated carbocycles. The fraction of sp³-hybridized carbons (Fsp3) is 1.00. The van der Waals surface area contributed by atoms with Crippen molar-refractivity contribution in [2.24, 2.45) is 11.8 Å². The number of sulfone groups is 1. The molecule has 0 bridgehead atoms. The third-order valence-electron chi connectivity index (χ3n) is 6.47. The second kappa shape index (κ2) is 9.30. The third kappa shape index (κ3) is 5.39. The molecule has 4 N–H and O–H groups in total. The fourth-order valence-electron chi connectivity index (χ4n) is 4.72. The first-order chi connectivity index (χ1) is 12.5. The van der Waals surface area contributed by atoms with Crippen molar-refractivity contribution in [3.63, 3.8) is 0 Å². The number of hydrogen-bond donors (Lipinski definition) is 4. The highest BCUT2D eigenvalue weighted by atomic mass is 32.2. The van der Waals surface area contributed by atoms with Gasteiger partial charge in [0.05, 0.1) is 11.4 Å². The van der Waals surface area contributed by atoms with Crippen molar-refractivity contribution in [1.29, 1.82) is 0 Å². The van der Waals surface area contributed by atoms with Crippen molar-refractivity contribution in [1.82, 2.24) is 21.3 Å². The Hall–Kier alpha value is -0.250. The number of nitrogens with one attached hydrogen (secondary N) is 4. The molecule has 152 valence electrons. The molecule has 3 unspecified atom stereocenters. The zero-order valence-electron chi connectivity index (χ0n) is 16.2. The predicted molar refractivity (Wildman–Crippen MR) is 104 cm³/mol. The normalized spacial score (nSPS) is 37.5. The van der Waals surface area contributed by atoms with Crippen LogP contribution in [0.2, 0.25) is 0 Å². The smallest absolute Gasteiger partial charge is 0.150 e. The molecular weight excluding hydrogens is 352 g/mol. The Morgan fingerprint density at radius 2 is 1.77 bits per heavy atom. The lowest BCUT2D eigenvalue weighted by molar-refractivity contribution is -0.00490. The van der Waals surface area contributed by atoms with Crippen LogP contribution in [-0.4, -0.2) is 71.6 Å². The molecule has 3 fully saturated rings. The van der Waals surface area contributed by atoms with Crippen LogP contribution >= 0.6 is 0 Å². The summed E-state index contributed by atoms with van der Waals surface area (Å²) in [4.78, 5) is 0. The highest BCUT2D eigenvalue weighted by molar-refractivity contribution is 7.91. The Morgan fingerprint density at radius 1 is 1.08 bits per heavy atom. The number of hydrogen-bond acceptors (Lipinski definition) is 7. The Kier molecular flexibility index (Phi) is 7.32. The average molecular weight is 389 g/mol. The summed E-state index contributed by atoms with van der Waals surface area (Å²) < 4.78 is 29.2. The zero-order chi connectivity index (χ0) is 18.6. The van der Waals surface area contributed by atoms with Crippen LogP contribution < -0.4 is 21.3 Å². The molecule has 0 aromatic heterocycles. The second-order valence-corrected chi connectivity index (χ2v) is 10.6. The topological polar surface area (TPSA) is 91.5 Å². The number of methoxy groups -OCH3 is 1. The molecular formula is C18H36N4O3S. The third-order valence-corrected chi connectivity index (χ3v) is 8.15. The van der Waals surface area contributed by atoms with Gasteiger partial charge in [-0.1, -0.05) is 0 Å². The van der Waals surface area contributed by atoms with Gasteiger partial charge in [-0.2, -0.15) is 0 Å². The molecule has 7 nitrogen and oxygen atoms in total. The van der Waals surface area contributed by atoms with Gasteiger partial charge in [0.25, 0.3) is 0 Å². The number of piperazine rings is 1. The lowest BCUT2D eigenvalue weighted by Gasteiger charge is -2.43. The van der Waals surface area contributed by atoms with Crippen LogP contribution in [0.3, 0.4) is 0 Å². The maximum Gasteiger partial charge on any atom is 0.150 e. The zero-order valence-corrected chi connectivity index (χ0v) is 17.0. The summed E-state index contributed by atoms with van der Waals surface area (Å²) >= 11 is 0. The maximum absolute atomic E-state index is 11.8. The summed E-state index contributed by atoms with van der Waals surface area (Å²) in [6.45, 7) is 4.11. The van der Waals surface area contributed by atoms with Gasteiger partial charge in [-0.25, -0.2) is 8.42 Å². The van der Waals surface area contributed by atoms with E-state index in [0.717, 1.165) is 57.8 Å². The molecule has 2 saturated heterocycles. The van der Waals surface area contributed by atoms with Crippen molar-refractivity contribution in [3.05, 3.63) is 0 Å². The predicted octanol–water partition coefficient (Wildman–Crippen LogP) is 0.0390. The molecule has 2 aliphatic heterocycles. The molecule has 3 atom stereocenters. The van der Waals surface area contributed by atoms with E-state index >= 15 is 0 Å². The minimum atomic E-state index is -2.90. The number of piperidine rings is 1. The van der Waals surface area contributed by atoms with Crippen LogP contribution in [0.25, 0.3) is 0 Å². The highest BCUT2D eigenvalue weighted by Crippen LogP contribution is 2.31. The standard InChI is InChI=1S/C18H36N4O3S/c1-25-18-17(20-11-13-7-9-19-10-8-13)22-16(12-21-18)14-3-5-15(6-4-14)26(2,23)24/h13-22H,3-12H2,1-2H3. The van der Waals surface area contributed by atoms with Crippen LogP contribution in [0.4, 0.5) is 0 Å². The van der Waals surface area contributed by atoms with Gasteiger partial charge in [0, 0.05) is 26.0 Å². The molecule has 0 aromatic carbocycles. The quantitative estimate of drug-likeness (QED) is 0.511. The van der Waals surface area contributed by atoms with Crippen molar-refractivity contribution >= 4 is 9.84 Å². The summed E-state index contributed by atoms with van der Waals surface area (Å²) in [5, 5.41) is 14.2. The lowest BCUT2D eigenvalue weighted by atomic mass is 9.82. The molecule has 0 radical (unpaired) electrons. The SMILES string of the molecule is COC1NCC(C2CCC(S(C)(=O)=O)CC2)NC1NCC1CCNCC1. The largest absolute Gasteiger partial charge is 0.364 e. The number of ether oxygens (including phenoxy) is 1. The van der Waals surface area contributed by atoms with E-state index in [4.69, 9.17) is 4.74 Å². The van der Waals surface area contributed by atoms with Crippen LogP contribution in [0.15, 0.2) is 0 Å². The van der Waals surface area contributed by atoms with Crippen molar-refractivity contribution in [3.8, 4) is 0 Å². The van der Waals surface area contributed by atoms with Gasteiger partial charge < -0.3 is 10.1 Å². The van der Waals surface area contributed by atoms with Gasteiger partial charge in [-0.05, 0) is 70.0 Å². The second-order valence-electron chi connectivity index (χ2n) is 8.28. The van der Waals surface area contributed by atoms with Crippen LogP contribution in [-0.2, 0) is 14.6 Å². The van der Waals surface area contributed by atoms with Crippen molar-refractivity contribution in [2.45, 2.75) is 62.2 Å². The molecule has 26 heavy (non-hydrogen) atoms. The highest BCUT2D eigenvalue weighted by Gasteiger charge is 2.37. The summed E-state index contributed by atoms with van der Waals surface area (Å²) in [5.41, 5.74) is 0. The molecule has 1 aliphatic carbocycles. The molecule has 3 aliphatic rings. The lowest BCUT2D eigenvalue weighted by Crippen LogP contribution is -2.68. The van der Waals surface area contributed by atoms with E-state index in [0.29, 0.717) is 12.0 Å². The van der Waals surface area contributed by atoms with E-state index in [2.05, 4.69) is 21.3 Å². The molecule has 0 spiro atoms. The molecule has 2 heterocycles. The van der Waals surface area contributed by atoms with E-state index in [-0.39, 0.29) is 17.6 Å². The van der Waals surface area contributed by atoms with E-state index < -0.39 is 9.84 Å². The first kappa shape index (κ1) is 20.5. The summed E-state index contributed by atoms with van der Waals surface area (Å²) in [7, 11) is -1.15. The Balaban J connectivity index is 1.50. The Morgan fingerprint density at radius 3 is 2.38 bits per heavy atom. The van der Waals surface area contributed by atoms with Gasteiger partial charge in [0.15, 0.2) is 0 Å². The Bertz CT molecular complexity index is 531. The molecule has 0 amide bonds. The van der Waals surface area contributed by atoms with Crippen LogP contribution in [0.1, 0.15) is 38.5 Å². The van der Waals surface area contributed by atoms with E-state index in [1.807, 2.05) is 0 Å². The molecule has 0 aromatic rings. The minimum Gasteiger partial charge on any atom is -0.364 e. The van der Waals surface area contributed by atoms with Gasteiger partial charge in [-0.3, -0.25) is 16.0 Å². The maximum atomic E-state index is 11.8. The van der Waals surface area contributed by atoms with Crippen molar-refractivity contribution in [2.75, 3.05) is 39.5 Å². The monoisotopic (exact) mass is 388 g/mol. The van der Waals surface area contributed by atoms with E-state index in [9.17, 15) is 8.42 Å². The summed E-state index contributed by atoms with van der Waals surface area (Å²) in [6.07, 6.45) is 7.45. The Labute approximate surface area is 158 Å². The van der Waals surface area contributed by atoms with Crippen molar-refractivity contribution < 1.29 is 13.2 Å². The summed E-state index contributed by atoms with van der Waals surface area (Å²) in [5.74, 6) is 1.25. The van der Waals surface area contributed by atoms with E-state index in [1.54, 1.807) is 7.11 Å². The van der Waals surface area contributed by atoms with Crippen LogP contribution in [0.5, 0.6) is 0 Å². The van der Waals surface area contributed by atoms with Gasteiger partial charge in [0.2, 0.25) is 0 Å². The van der Waals surface area contributed by atoms with Crippen LogP contribution in [0, 0.1) is 11.8 Å². The summed E-state index contributed by atoms with van der Waals surface area (Å²) in [6, 6.07) is 0.368. The number of rotatable bonds is 6. The average Bonchev–Trinajstić information content (AvgIpc) is 2.66. The fourth-order valence-corrected chi connectivity index (χ4v) is 5.85. The first-order valence-electron chi connectivity index (χ1n) is 10.1. The van der Waals surface area contributed by atoms with E-state index in [1.165, 1.54) is 19.1 Å². The molecule has 8 heteroatoms. The van der Waals surface area contributed by atoms with Gasteiger partial charge in [-0.15, -0.1) is 0 Å². The van der Waals surface area contributed by atoms with Gasteiger partial charge >= 0.3 is 0 Å². The van der Waals surface area contributed by atoms with Gasteiger partial charge in [0.1, 0.15) is 16.1 Å².